The monoisotopic (exact) mass is 336 g/mol. The summed E-state index contributed by atoms with van der Waals surface area (Å²) in [6.07, 6.45) is -4.43. The minimum atomic E-state index is -4.43. The van der Waals surface area contributed by atoms with E-state index < -0.39 is 17.6 Å². The lowest BCUT2D eigenvalue weighted by atomic mass is 10.0. The van der Waals surface area contributed by atoms with Crippen LogP contribution in [0, 0.1) is 0 Å². The van der Waals surface area contributed by atoms with Crippen LogP contribution in [0.15, 0.2) is 48.5 Å². The van der Waals surface area contributed by atoms with Crippen molar-refractivity contribution < 1.29 is 18.0 Å². The number of anilines is 2. The van der Waals surface area contributed by atoms with Gasteiger partial charge in [-0.1, -0.05) is 32.0 Å². The molecule has 0 unspecified atom stereocenters. The first-order valence-electron chi connectivity index (χ1n) is 7.56. The quantitative estimate of drug-likeness (QED) is 0.817. The molecule has 0 spiro atoms. The maximum atomic E-state index is 12.6. The number of benzene rings is 2. The van der Waals surface area contributed by atoms with Gasteiger partial charge in [0.25, 0.3) is 0 Å². The SMILES string of the molecule is CC(C)c1ccc(NCC(=O)Nc2cccc(C(F)(F)F)c2)cc1. The fourth-order valence-electron chi connectivity index (χ4n) is 2.15. The fraction of sp³-hybridized carbons (Fsp3) is 0.278. The van der Waals surface area contributed by atoms with Crippen molar-refractivity contribution in [2.24, 2.45) is 0 Å². The number of hydrogen-bond acceptors (Lipinski definition) is 2. The lowest BCUT2D eigenvalue weighted by molar-refractivity contribution is -0.137. The summed E-state index contributed by atoms with van der Waals surface area (Å²) < 4.78 is 37.9. The summed E-state index contributed by atoms with van der Waals surface area (Å²) in [6.45, 7) is 4.15. The molecule has 3 nitrogen and oxygen atoms in total. The summed E-state index contributed by atoms with van der Waals surface area (Å²) in [5, 5.41) is 5.39. The highest BCUT2D eigenvalue weighted by Gasteiger charge is 2.30. The van der Waals surface area contributed by atoms with E-state index in [1.165, 1.54) is 17.7 Å². The summed E-state index contributed by atoms with van der Waals surface area (Å²) >= 11 is 0. The highest BCUT2D eigenvalue weighted by Crippen LogP contribution is 2.30. The maximum absolute atomic E-state index is 12.6. The van der Waals surface area contributed by atoms with E-state index in [1.807, 2.05) is 24.3 Å². The third kappa shape index (κ3) is 5.01. The minimum Gasteiger partial charge on any atom is -0.376 e. The van der Waals surface area contributed by atoms with Crippen molar-refractivity contribution in [3.63, 3.8) is 0 Å². The molecule has 0 fully saturated rings. The molecule has 24 heavy (non-hydrogen) atoms. The van der Waals surface area contributed by atoms with Crippen molar-refractivity contribution in [2.45, 2.75) is 25.9 Å². The average molecular weight is 336 g/mol. The largest absolute Gasteiger partial charge is 0.416 e. The van der Waals surface area contributed by atoms with Gasteiger partial charge >= 0.3 is 6.18 Å². The Morgan fingerprint density at radius 3 is 2.29 bits per heavy atom. The van der Waals surface area contributed by atoms with Crippen LogP contribution >= 0.6 is 0 Å². The number of amides is 1. The molecule has 128 valence electrons. The molecule has 2 aromatic rings. The molecule has 0 saturated heterocycles. The second-order valence-corrected chi connectivity index (χ2v) is 5.76. The minimum absolute atomic E-state index is 0.0305. The second kappa shape index (κ2) is 7.38. The Labute approximate surface area is 138 Å². The van der Waals surface area contributed by atoms with E-state index >= 15 is 0 Å². The van der Waals surface area contributed by atoms with E-state index in [0.29, 0.717) is 5.92 Å². The molecule has 0 aliphatic rings. The Kier molecular flexibility index (Phi) is 5.49. The number of halogens is 3. The Balaban J connectivity index is 1.92. The van der Waals surface area contributed by atoms with Gasteiger partial charge in [-0.15, -0.1) is 0 Å². The molecule has 1 amide bonds. The Morgan fingerprint density at radius 2 is 1.71 bits per heavy atom. The molecule has 0 atom stereocenters. The lowest BCUT2D eigenvalue weighted by Gasteiger charge is -2.11. The molecular formula is C18H19F3N2O. The van der Waals surface area contributed by atoms with Crippen LogP contribution in [0.25, 0.3) is 0 Å². The molecule has 6 heteroatoms. The van der Waals surface area contributed by atoms with E-state index in [-0.39, 0.29) is 12.2 Å². The lowest BCUT2D eigenvalue weighted by Crippen LogP contribution is -2.22. The van der Waals surface area contributed by atoms with Crippen LogP contribution < -0.4 is 10.6 Å². The Bertz CT molecular complexity index is 694. The standard InChI is InChI=1S/C18H19F3N2O/c1-12(2)13-6-8-15(9-7-13)22-11-17(24)23-16-5-3-4-14(10-16)18(19,20)21/h3-10,12,22H,11H2,1-2H3,(H,23,24). The van der Waals surface area contributed by atoms with E-state index in [1.54, 1.807) is 0 Å². The van der Waals surface area contributed by atoms with Crippen LogP contribution in [-0.2, 0) is 11.0 Å². The van der Waals surface area contributed by atoms with Crippen LogP contribution in [-0.4, -0.2) is 12.5 Å². The van der Waals surface area contributed by atoms with Crippen molar-refractivity contribution >= 4 is 17.3 Å². The van der Waals surface area contributed by atoms with Crippen LogP contribution in [0.2, 0.25) is 0 Å². The fourth-order valence-corrected chi connectivity index (χ4v) is 2.15. The zero-order valence-electron chi connectivity index (χ0n) is 13.4. The van der Waals surface area contributed by atoms with Gasteiger partial charge in [-0.25, -0.2) is 0 Å². The normalized spacial score (nSPS) is 11.4. The van der Waals surface area contributed by atoms with Crippen molar-refractivity contribution in [3.05, 3.63) is 59.7 Å². The van der Waals surface area contributed by atoms with Gasteiger partial charge in [-0.3, -0.25) is 4.79 Å². The zero-order chi connectivity index (χ0) is 17.7. The van der Waals surface area contributed by atoms with Crippen molar-refractivity contribution in [1.29, 1.82) is 0 Å². The Morgan fingerprint density at radius 1 is 1.04 bits per heavy atom. The highest BCUT2D eigenvalue weighted by molar-refractivity contribution is 5.93. The van der Waals surface area contributed by atoms with Gasteiger partial charge in [0.05, 0.1) is 12.1 Å². The maximum Gasteiger partial charge on any atom is 0.416 e. The predicted octanol–water partition coefficient (Wildman–Crippen LogP) is 4.88. The third-order valence-corrected chi connectivity index (χ3v) is 3.50. The number of nitrogens with one attached hydrogen (secondary N) is 2. The number of carbonyl (C=O) groups is 1. The van der Waals surface area contributed by atoms with E-state index in [9.17, 15) is 18.0 Å². The first-order chi connectivity index (χ1) is 11.3. The summed E-state index contributed by atoms with van der Waals surface area (Å²) in [7, 11) is 0. The molecule has 2 rings (SSSR count). The summed E-state index contributed by atoms with van der Waals surface area (Å²) in [6, 6.07) is 12.2. The van der Waals surface area contributed by atoms with E-state index in [4.69, 9.17) is 0 Å². The van der Waals surface area contributed by atoms with Gasteiger partial charge < -0.3 is 10.6 Å². The number of carbonyl (C=O) groups excluding carboxylic acids is 1. The van der Waals surface area contributed by atoms with Crippen LogP contribution in [0.3, 0.4) is 0 Å². The molecule has 0 saturated carbocycles. The van der Waals surface area contributed by atoms with E-state index in [0.717, 1.165) is 17.8 Å². The summed E-state index contributed by atoms with van der Waals surface area (Å²) in [5.41, 5.74) is 1.29. The molecule has 0 aliphatic carbocycles. The van der Waals surface area contributed by atoms with Crippen molar-refractivity contribution in [3.8, 4) is 0 Å². The molecular weight excluding hydrogens is 317 g/mol. The van der Waals surface area contributed by atoms with Gasteiger partial charge in [-0.2, -0.15) is 13.2 Å². The van der Waals surface area contributed by atoms with Gasteiger partial charge in [0.1, 0.15) is 0 Å². The molecule has 2 N–H and O–H groups in total. The number of alkyl halides is 3. The highest BCUT2D eigenvalue weighted by atomic mass is 19.4. The molecule has 0 radical (unpaired) electrons. The molecule has 2 aromatic carbocycles. The molecule has 0 aromatic heterocycles. The molecule has 0 aliphatic heterocycles. The first kappa shape index (κ1) is 17.8. The number of hydrogen-bond donors (Lipinski definition) is 2. The van der Waals surface area contributed by atoms with Crippen LogP contribution in [0.5, 0.6) is 0 Å². The average Bonchev–Trinajstić information content (AvgIpc) is 2.53. The zero-order valence-corrected chi connectivity index (χ0v) is 13.4. The first-order valence-corrected chi connectivity index (χ1v) is 7.56. The van der Waals surface area contributed by atoms with Crippen molar-refractivity contribution in [1.82, 2.24) is 0 Å². The summed E-state index contributed by atoms with van der Waals surface area (Å²) in [4.78, 5) is 11.9. The second-order valence-electron chi connectivity index (χ2n) is 5.76. The summed E-state index contributed by atoms with van der Waals surface area (Å²) in [5.74, 6) is 0.00511. The third-order valence-electron chi connectivity index (χ3n) is 3.50. The van der Waals surface area contributed by atoms with Gasteiger partial charge in [0.2, 0.25) is 5.91 Å². The van der Waals surface area contributed by atoms with E-state index in [2.05, 4.69) is 24.5 Å². The van der Waals surface area contributed by atoms with Crippen LogP contribution in [0.1, 0.15) is 30.9 Å². The topological polar surface area (TPSA) is 41.1 Å². The molecule has 0 bridgehead atoms. The molecule has 0 heterocycles. The van der Waals surface area contributed by atoms with Crippen LogP contribution in [0.4, 0.5) is 24.5 Å². The van der Waals surface area contributed by atoms with Gasteiger partial charge in [0, 0.05) is 11.4 Å². The smallest absolute Gasteiger partial charge is 0.376 e. The van der Waals surface area contributed by atoms with Gasteiger partial charge in [-0.05, 0) is 41.8 Å². The van der Waals surface area contributed by atoms with Crippen molar-refractivity contribution in [2.75, 3.05) is 17.2 Å². The Hall–Kier alpha value is -2.50. The van der Waals surface area contributed by atoms with Gasteiger partial charge in [0.15, 0.2) is 0 Å². The number of rotatable bonds is 5. The predicted molar refractivity (Wildman–Crippen MR) is 89.1 cm³/mol.